The number of anilines is 1. The lowest BCUT2D eigenvalue weighted by Crippen LogP contribution is -2.57. The molecule has 5 atom stereocenters. The van der Waals surface area contributed by atoms with E-state index in [-0.39, 0.29) is 17.7 Å². The first-order valence-electron chi connectivity index (χ1n) is 14.8. The van der Waals surface area contributed by atoms with Gasteiger partial charge in [-0.2, -0.15) is 0 Å². The van der Waals surface area contributed by atoms with Gasteiger partial charge in [0.25, 0.3) is 0 Å². The van der Waals surface area contributed by atoms with Crippen LogP contribution in [0.4, 0.5) is 5.69 Å². The third-order valence-corrected chi connectivity index (χ3v) is 10.4. The number of allylic oxidation sites excluding steroid dienone is 4. The molecular formula is C33H42N2O4. The van der Waals surface area contributed by atoms with Crippen LogP contribution in [0, 0.1) is 17.3 Å². The SMILES string of the molecule is CC(=O)OC1(C(C)=O)CCC2C3CCC4=C/C(=N\OC5CC5)CCC4=C3C(c3ccc(N(C)C)cc3)CC21C. The molecule has 5 unspecified atom stereocenters. The predicted molar refractivity (Wildman–Crippen MR) is 153 cm³/mol. The summed E-state index contributed by atoms with van der Waals surface area (Å²) in [6, 6.07) is 8.93. The van der Waals surface area contributed by atoms with E-state index in [0.717, 1.165) is 57.1 Å². The second-order valence-electron chi connectivity index (χ2n) is 12.9. The van der Waals surface area contributed by atoms with Crippen LogP contribution in [0.1, 0.15) is 90.0 Å². The molecule has 0 heterocycles. The first-order valence-corrected chi connectivity index (χ1v) is 14.8. The quantitative estimate of drug-likeness (QED) is 0.310. The summed E-state index contributed by atoms with van der Waals surface area (Å²) in [4.78, 5) is 33.5. The summed E-state index contributed by atoms with van der Waals surface area (Å²) in [5, 5.41) is 4.50. The van der Waals surface area contributed by atoms with Gasteiger partial charge in [-0.3, -0.25) is 9.59 Å². The average Bonchev–Trinajstić information content (AvgIpc) is 3.69. The molecule has 0 amide bonds. The maximum atomic E-state index is 13.3. The topological polar surface area (TPSA) is 68.2 Å². The van der Waals surface area contributed by atoms with Gasteiger partial charge in [0.05, 0.1) is 5.71 Å². The van der Waals surface area contributed by atoms with Gasteiger partial charge in [0.2, 0.25) is 0 Å². The largest absolute Gasteiger partial charge is 0.451 e. The number of esters is 1. The number of nitrogens with zero attached hydrogens (tertiary/aromatic N) is 2. The molecule has 0 aromatic heterocycles. The van der Waals surface area contributed by atoms with E-state index in [2.05, 4.69) is 61.4 Å². The van der Waals surface area contributed by atoms with Gasteiger partial charge in [-0.05, 0) is 111 Å². The minimum Gasteiger partial charge on any atom is -0.451 e. The number of hydrogen-bond acceptors (Lipinski definition) is 6. The minimum absolute atomic E-state index is 0.00825. The van der Waals surface area contributed by atoms with Gasteiger partial charge in [0, 0.05) is 38.0 Å². The number of benzene rings is 1. The third kappa shape index (κ3) is 4.35. The second kappa shape index (κ2) is 9.64. The Balaban J connectivity index is 1.46. The van der Waals surface area contributed by atoms with Crippen LogP contribution in [0.25, 0.3) is 0 Å². The van der Waals surface area contributed by atoms with Crippen molar-refractivity contribution >= 4 is 23.2 Å². The summed E-state index contributed by atoms with van der Waals surface area (Å²) in [6.45, 7) is 5.31. The van der Waals surface area contributed by atoms with Crippen molar-refractivity contribution in [2.45, 2.75) is 96.2 Å². The van der Waals surface area contributed by atoms with Gasteiger partial charge in [-0.25, -0.2) is 0 Å². The number of rotatable bonds is 6. The summed E-state index contributed by atoms with van der Waals surface area (Å²) in [6.07, 6.45) is 11.2. The highest BCUT2D eigenvalue weighted by Crippen LogP contribution is 2.67. The summed E-state index contributed by atoms with van der Waals surface area (Å²) in [7, 11) is 4.13. The zero-order valence-electron chi connectivity index (χ0n) is 24.1. The average molecular weight is 531 g/mol. The first kappa shape index (κ1) is 26.3. The highest BCUT2D eigenvalue weighted by molar-refractivity contribution is 5.97. The van der Waals surface area contributed by atoms with Crippen molar-refractivity contribution in [3.05, 3.63) is 52.6 Å². The van der Waals surface area contributed by atoms with Gasteiger partial charge < -0.3 is 14.5 Å². The van der Waals surface area contributed by atoms with Crippen molar-refractivity contribution in [3.8, 4) is 0 Å². The Morgan fingerprint density at radius 3 is 2.38 bits per heavy atom. The van der Waals surface area contributed by atoms with Crippen LogP contribution in [-0.2, 0) is 19.2 Å². The molecule has 0 saturated heterocycles. The number of carbonyl (C=O) groups excluding carboxylic acids is 2. The minimum atomic E-state index is -1.05. The summed E-state index contributed by atoms with van der Waals surface area (Å²) in [5.74, 6) is 0.512. The molecule has 6 rings (SSSR count). The van der Waals surface area contributed by atoms with Gasteiger partial charge in [-0.15, -0.1) is 0 Å². The van der Waals surface area contributed by atoms with Crippen LogP contribution in [0.3, 0.4) is 0 Å². The lowest BCUT2D eigenvalue weighted by molar-refractivity contribution is -0.182. The number of oxime groups is 1. The van der Waals surface area contributed by atoms with Crippen LogP contribution in [-0.4, -0.2) is 43.3 Å². The number of hydrogen-bond donors (Lipinski definition) is 0. The Hall–Kier alpha value is -2.89. The van der Waals surface area contributed by atoms with Crippen LogP contribution in [0.5, 0.6) is 0 Å². The van der Waals surface area contributed by atoms with E-state index in [9.17, 15) is 9.59 Å². The maximum Gasteiger partial charge on any atom is 0.303 e. The van der Waals surface area contributed by atoms with E-state index in [4.69, 9.17) is 9.57 Å². The molecule has 3 fully saturated rings. The molecule has 1 aromatic rings. The lowest BCUT2D eigenvalue weighted by Gasteiger charge is -2.55. The molecule has 1 aromatic carbocycles. The molecule has 3 saturated carbocycles. The van der Waals surface area contributed by atoms with E-state index in [1.807, 2.05) is 0 Å². The molecule has 6 heteroatoms. The summed E-state index contributed by atoms with van der Waals surface area (Å²) in [5.41, 5.74) is 6.56. The third-order valence-electron chi connectivity index (χ3n) is 10.4. The standard InChI is InChI=1S/C33H42N2O4/c1-20(36)33(38-21(2)37)17-16-30-28-14-8-23-18-24(34-39-26-12-13-26)9-15-27(23)31(28)29(19-32(30,33)3)22-6-10-25(11-7-22)35(4)5/h6-7,10-11,18,26,28-30H,8-9,12-17,19H2,1-5H3/b34-24-. The monoisotopic (exact) mass is 530 g/mol. The normalized spacial score (nSPS) is 34.5. The van der Waals surface area contributed by atoms with E-state index < -0.39 is 11.0 Å². The molecule has 0 bridgehead atoms. The Labute approximate surface area is 232 Å². The number of ketones is 1. The van der Waals surface area contributed by atoms with Crippen LogP contribution >= 0.6 is 0 Å². The number of carbonyl (C=O) groups is 2. The van der Waals surface area contributed by atoms with Crippen LogP contribution < -0.4 is 4.90 Å². The summed E-state index contributed by atoms with van der Waals surface area (Å²) >= 11 is 0. The van der Waals surface area contributed by atoms with Gasteiger partial charge >= 0.3 is 5.97 Å². The fourth-order valence-corrected chi connectivity index (χ4v) is 8.41. The van der Waals surface area contributed by atoms with E-state index in [1.54, 1.807) is 12.5 Å². The van der Waals surface area contributed by atoms with E-state index in [1.165, 1.54) is 29.3 Å². The van der Waals surface area contributed by atoms with Crippen molar-refractivity contribution in [2.24, 2.45) is 22.4 Å². The fourth-order valence-electron chi connectivity index (χ4n) is 8.41. The zero-order chi connectivity index (χ0) is 27.5. The Morgan fingerprint density at radius 2 is 1.74 bits per heavy atom. The second-order valence-corrected chi connectivity index (χ2v) is 12.9. The highest BCUT2D eigenvalue weighted by Gasteiger charge is 2.67. The molecule has 5 aliphatic rings. The van der Waals surface area contributed by atoms with Gasteiger partial charge in [-0.1, -0.05) is 29.8 Å². The van der Waals surface area contributed by atoms with Gasteiger partial charge in [0.1, 0.15) is 6.10 Å². The maximum absolute atomic E-state index is 13.3. The molecular weight excluding hydrogens is 488 g/mol. The molecule has 39 heavy (non-hydrogen) atoms. The van der Waals surface area contributed by atoms with Crippen molar-refractivity contribution in [3.63, 3.8) is 0 Å². The number of Topliss-reactive ketones (excluding diaryl/α,β-unsaturated/α-hetero) is 1. The molecule has 0 spiro atoms. The van der Waals surface area contributed by atoms with E-state index >= 15 is 0 Å². The van der Waals surface area contributed by atoms with E-state index in [0.29, 0.717) is 24.4 Å². The first-order chi connectivity index (χ1) is 18.6. The van der Waals surface area contributed by atoms with Crippen molar-refractivity contribution in [1.82, 2.24) is 0 Å². The van der Waals surface area contributed by atoms with Crippen molar-refractivity contribution in [1.29, 1.82) is 0 Å². The molecule has 6 nitrogen and oxygen atoms in total. The number of ether oxygens (including phenoxy) is 1. The Bertz CT molecular complexity index is 1270. The lowest BCUT2D eigenvalue weighted by atomic mass is 9.50. The summed E-state index contributed by atoms with van der Waals surface area (Å²) < 4.78 is 6.07. The highest BCUT2D eigenvalue weighted by atomic mass is 16.6. The molecule has 0 aliphatic heterocycles. The Morgan fingerprint density at radius 1 is 1.00 bits per heavy atom. The van der Waals surface area contributed by atoms with Crippen molar-refractivity contribution in [2.75, 3.05) is 19.0 Å². The number of fused-ring (bicyclic) bond motifs is 4. The van der Waals surface area contributed by atoms with Crippen LogP contribution in [0.2, 0.25) is 0 Å². The smallest absolute Gasteiger partial charge is 0.303 e. The Kier molecular flexibility index (Phi) is 6.51. The zero-order valence-corrected chi connectivity index (χ0v) is 24.1. The van der Waals surface area contributed by atoms with Gasteiger partial charge in [0.15, 0.2) is 11.4 Å². The molecule has 5 aliphatic carbocycles. The molecule has 208 valence electrons. The van der Waals surface area contributed by atoms with Crippen LogP contribution in [0.15, 0.2) is 52.2 Å². The van der Waals surface area contributed by atoms with Crippen molar-refractivity contribution < 1.29 is 19.2 Å². The fraction of sp³-hybridized carbons (Fsp3) is 0.606. The predicted octanol–water partition coefficient (Wildman–Crippen LogP) is 6.51. The molecule has 0 N–H and O–H groups in total. The molecule has 0 radical (unpaired) electrons.